The maximum atomic E-state index is 5.44. The van der Waals surface area contributed by atoms with Gasteiger partial charge in [0.05, 0.1) is 7.11 Å². The highest BCUT2D eigenvalue weighted by Gasteiger charge is 2.21. The van der Waals surface area contributed by atoms with Crippen LogP contribution in [0.25, 0.3) is 0 Å². The first-order valence-electron chi connectivity index (χ1n) is 6.80. The number of hydrogen-bond acceptors (Lipinski definition) is 3. The second kappa shape index (κ2) is 6.21. The Hall–Kier alpha value is -1.06. The highest BCUT2D eigenvalue weighted by molar-refractivity contribution is 5.33. The van der Waals surface area contributed by atoms with E-state index in [0.29, 0.717) is 12.1 Å². The minimum Gasteiger partial charge on any atom is -0.496 e. The van der Waals surface area contributed by atoms with E-state index >= 15 is 0 Å². The van der Waals surface area contributed by atoms with E-state index in [1.54, 1.807) is 7.11 Å². The Balaban J connectivity index is 2.10. The first-order chi connectivity index (χ1) is 8.70. The van der Waals surface area contributed by atoms with E-state index in [0.717, 1.165) is 25.4 Å². The summed E-state index contributed by atoms with van der Waals surface area (Å²) in [5, 5.41) is 3.55. The van der Waals surface area contributed by atoms with E-state index < -0.39 is 0 Å². The third-order valence-corrected chi connectivity index (χ3v) is 3.75. The van der Waals surface area contributed by atoms with Gasteiger partial charge in [-0.25, -0.2) is 0 Å². The molecular weight excluding hydrogens is 224 g/mol. The maximum absolute atomic E-state index is 5.44. The van der Waals surface area contributed by atoms with Gasteiger partial charge >= 0.3 is 0 Å². The Morgan fingerprint density at radius 1 is 1.33 bits per heavy atom. The molecule has 18 heavy (non-hydrogen) atoms. The molecule has 2 atom stereocenters. The fourth-order valence-corrected chi connectivity index (χ4v) is 2.59. The van der Waals surface area contributed by atoms with Gasteiger partial charge in [0.2, 0.25) is 0 Å². The van der Waals surface area contributed by atoms with Gasteiger partial charge in [-0.3, -0.25) is 4.90 Å². The summed E-state index contributed by atoms with van der Waals surface area (Å²) in [5.41, 5.74) is 1.28. The van der Waals surface area contributed by atoms with Crippen molar-refractivity contribution < 1.29 is 4.74 Å². The predicted octanol–water partition coefficient (Wildman–Crippen LogP) is 2.27. The molecule has 3 heteroatoms. The van der Waals surface area contributed by atoms with Crippen LogP contribution in [0.3, 0.4) is 0 Å². The van der Waals surface area contributed by atoms with Gasteiger partial charge in [-0.15, -0.1) is 0 Å². The van der Waals surface area contributed by atoms with E-state index in [9.17, 15) is 0 Å². The third kappa shape index (κ3) is 3.24. The van der Waals surface area contributed by atoms with Crippen LogP contribution in [-0.2, 0) is 6.54 Å². The quantitative estimate of drug-likeness (QED) is 0.888. The summed E-state index contributed by atoms with van der Waals surface area (Å²) < 4.78 is 5.44. The summed E-state index contributed by atoms with van der Waals surface area (Å²) in [6.45, 7) is 7.75. The monoisotopic (exact) mass is 248 g/mol. The van der Waals surface area contributed by atoms with Gasteiger partial charge in [0, 0.05) is 30.7 Å². The zero-order valence-corrected chi connectivity index (χ0v) is 11.6. The van der Waals surface area contributed by atoms with Gasteiger partial charge in [0.25, 0.3) is 0 Å². The second-order valence-corrected chi connectivity index (χ2v) is 5.23. The molecule has 0 amide bonds. The summed E-state index contributed by atoms with van der Waals surface area (Å²) >= 11 is 0. The predicted molar refractivity (Wildman–Crippen MR) is 74.9 cm³/mol. The van der Waals surface area contributed by atoms with Gasteiger partial charge in [0.15, 0.2) is 0 Å². The van der Waals surface area contributed by atoms with Crippen molar-refractivity contribution in [2.24, 2.45) is 0 Å². The fourth-order valence-electron chi connectivity index (χ4n) is 2.59. The molecule has 0 aliphatic carbocycles. The largest absolute Gasteiger partial charge is 0.496 e. The first kappa shape index (κ1) is 13.4. The number of rotatable bonds is 3. The van der Waals surface area contributed by atoms with Crippen LogP contribution >= 0.6 is 0 Å². The van der Waals surface area contributed by atoms with Gasteiger partial charge in [0.1, 0.15) is 5.75 Å². The van der Waals surface area contributed by atoms with Crippen LogP contribution in [0.15, 0.2) is 24.3 Å². The topological polar surface area (TPSA) is 24.5 Å². The number of methoxy groups -OCH3 is 1. The smallest absolute Gasteiger partial charge is 0.123 e. The number of nitrogens with one attached hydrogen (secondary N) is 1. The minimum absolute atomic E-state index is 0.560. The molecule has 1 aromatic carbocycles. The Labute approximate surface area is 110 Å². The van der Waals surface area contributed by atoms with E-state index in [2.05, 4.69) is 36.2 Å². The average molecular weight is 248 g/mol. The van der Waals surface area contributed by atoms with E-state index in [1.807, 2.05) is 12.1 Å². The van der Waals surface area contributed by atoms with Crippen molar-refractivity contribution in [1.82, 2.24) is 10.2 Å². The van der Waals surface area contributed by atoms with Gasteiger partial charge in [-0.05, 0) is 32.9 Å². The van der Waals surface area contributed by atoms with Crippen LogP contribution in [0.4, 0.5) is 0 Å². The van der Waals surface area contributed by atoms with Crippen LogP contribution in [0.1, 0.15) is 25.8 Å². The second-order valence-electron chi connectivity index (χ2n) is 5.23. The molecule has 0 saturated carbocycles. The van der Waals surface area contributed by atoms with Crippen LogP contribution in [0.5, 0.6) is 5.75 Å². The van der Waals surface area contributed by atoms with E-state index in [-0.39, 0.29) is 0 Å². The highest BCUT2D eigenvalue weighted by Crippen LogP contribution is 2.21. The zero-order valence-electron chi connectivity index (χ0n) is 11.6. The van der Waals surface area contributed by atoms with Gasteiger partial charge in [-0.2, -0.15) is 0 Å². The molecule has 3 nitrogen and oxygen atoms in total. The molecule has 1 fully saturated rings. The molecule has 1 aliphatic heterocycles. The lowest BCUT2D eigenvalue weighted by Crippen LogP contribution is -2.38. The summed E-state index contributed by atoms with van der Waals surface area (Å²) in [5.74, 6) is 0.995. The normalized spacial score (nSPS) is 25.7. The van der Waals surface area contributed by atoms with Crippen molar-refractivity contribution in [3.8, 4) is 5.75 Å². The molecule has 2 rings (SSSR count). The zero-order chi connectivity index (χ0) is 13.0. The summed E-state index contributed by atoms with van der Waals surface area (Å²) in [7, 11) is 1.74. The number of hydrogen-bond donors (Lipinski definition) is 1. The molecule has 1 heterocycles. The Morgan fingerprint density at radius 3 is 2.89 bits per heavy atom. The van der Waals surface area contributed by atoms with Crippen molar-refractivity contribution in [2.45, 2.75) is 38.9 Å². The van der Waals surface area contributed by atoms with E-state index in [1.165, 1.54) is 12.0 Å². The lowest BCUT2D eigenvalue weighted by molar-refractivity contribution is 0.196. The lowest BCUT2D eigenvalue weighted by Gasteiger charge is -2.28. The van der Waals surface area contributed by atoms with Crippen molar-refractivity contribution in [2.75, 3.05) is 20.2 Å². The van der Waals surface area contributed by atoms with Crippen LogP contribution in [-0.4, -0.2) is 37.2 Å². The van der Waals surface area contributed by atoms with Crippen molar-refractivity contribution in [1.29, 1.82) is 0 Å². The Morgan fingerprint density at radius 2 is 2.11 bits per heavy atom. The SMILES string of the molecule is COc1ccccc1CN1CC(C)NCCC1C. The minimum atomic E-state index is 0.560. The van der Waals surface area contributed by atoms with Crippen LogP contribution in [0.2, 0.25) is 0 Å². The van der Waals surface area contributed by atoms with Crippen LogP contribution < -0.4 is 10.1 Å². The average Bonchev–Trinajstić information content (AvgIpc) is 2.52. The highest BCUT2D eigenvalue weighted by atomic mass is 16.5. The molecule has 1 saturated heterocycles. The standard InChI is InChI=1S/C15H24N2O/c1-12-10-17(13(2)8-9-16-12)11-14-6-4-5-7-15(14)18-3/h4-7,12-13,16H,8-11H2,1-3H3. The maximum Gasteiger partial charge on any atom is 0.123 e. The third-order valence-electron chi connectivity index (χ3n) is 3.75. The molecule has 0 bridgehead atoms. The van der Waals surface area contributed by atoms with Crippen molar-refractivity contribution in [3.05, 3.63) is 29.8 Å². The molecule has 0 radical (unpaired) electrons. The Bertz CT molecular complexity index is 381. The molecule has 0 aromatic heterocycles. The summed E-state index contributed by atoms with van der Waals surface area (Å²) in [4.78, 5) is 2.54. The first-order valence-corrected chi connectivity index (χ1v) is 6.80. The summed E-state index contributed by atoms with van der Waals surface area (Å²) in [6, 6.07) is 9.49. The number of nitrogens with zero attached hydrogens (tertiary/aromatic N) is 1. The molecule has 0 spiro atoms. The Kier molecular flexibility index (Phi) is 4.61. The number of benzene rings is 1. The number of para-hydroxylation sites is 1. The molecule has 2 unspecified atom stereocenters. The van der Waals surface area contributed by atoms with Gasteiger partial charge in [-0.1, -0.05) is 18.2 Å². The lowest BCUT2D eigenvalue weighted by atomic mass is 10.1. The molecule has 1 N–H and O–H groups in total. The molecular formula is C15H24N2O. The van der Waals surface area contributed by atoms with Crippen molar-refractivity contribution in [3.63, 3.8) is 0 Å². The number of ether oxygens (including phenoxy) is 1. The fraction of sp³-hybridized carbons (Fsp3) is 0.600. The molecule has 1 aliphatic rings. The van der Waals surface area contributed by atoms with E-state index in [4.69, 9.17) is 4.74 Å². The molecule has 100 valence electrons. The summed E-state index contributed by atoms with van der Waals surface area (Å²) in [6.07, 6.45) is 1.21. The molecule has 1 aromatic rings. The van der Waals surface area contributed by atoms with Crippen molar-refractivity contribution >= 4 is 0 Å². The van der Waals surface area contributed by atoms with Crippen LogP contribution in [0, 0.1) is 0 Å². The van der Waals surface area contributed by atoms with Gasteiger partial charge < -0.3 is 10.1 Å².